The number of carbonyl (C=O) groups excluding carboxylic acids is 1. The van der Waals surface area contributed by atoms with Crippen LogP contribution in [0.15, 0.2) is 24.3 Å². The molecule has 0 radical (unpaired) electrons. The maximum absolute atomic E-state index is 11.7. The van der Waals surface area contributed by atoms with Crippen molar-refractivity contribution in [3.05, 3.63) is 39.9 Å². The Bertz CT molecular complexity index is 438. The summed E-state index contributed by atoms with van der Waals surface area (Å²) in [5.41, 5.74) is 0.912. The number of nitrogens with one attached hydrogen (secondary N) is 2. The third-order valence-electron chi connectivity index (χ3n) is 2.99. The second-order valence-corrected chi connectivity index (χ2v) is 4.29. The van der Waals surface area contributed by atoms with Gasteiger partial charge in [0.25, 0.3) is 5.69 Å². The van der Waals surface area contributed by atoms with E-state index in [9.17, 15) is 14.9 Å². The molecule has 0 spiro atoms. The van der Waals surface area contributed by atoms with Gasteiger partial charge in [0, 0.05) is 18.7 Å². The van der Waals surface area contributed by atoms with E-state index in [2.05, 4.69) is 10.6 Å². The highest BCUT2D eigenvalue weighted by Gasteiger charge is 2.21. The number of hydrogen-bond donors (Lipinski definition) is 2. The van der Waals surface area contributed by atoms with Crippen LogP contribution in [-0.4, -0.2) is 23.4 Å². The van der Waals surface area contributed by atoms with Crippen molar-refractivity contribution in [2.45, 2.75) is 25.4 Å². The summed E-state index contributed by atoms with van der Waals surface area (Å²) < 4.78 is 0. The average Bonchev–Trinajstić information content (AvgIpc) is 2.90. The summed E-state index contributed by atoms with van der Waals surface area (Å²) in [6.07, 6.45) is 1.89. The molecule has 1 atom stereocenters. The van der Waals surface area contributed by atoms with Crippen LogP contribution >= 0.6 is 0 Å². The maximum Gasteiger partial charge on any atom is 0.269 e. The first kappa shape index (κ1) is 12.5. The topological polar surface area (TPSA) is 84.3 Å². The first-order valence-electron chi connectivity index (χ1n) is 5.91. The molecule has 0 aliphatic carbocycles. The second kappa shape index (κ2) is 5.59. The van der Waals surface area contributed by atoms with E-state index in [0.29, 0.717) is 6.54 Å². The molecular weight excluding hydrogens is 234 g/mol. The van der Waals surface area contributed by atoms with Crippen LogP contribution in [0.4, 0.5) is 5.69 Å². The Morgan fingerprint density at radius 3 is 2.72 bits per heavy atom. The first-order valence-corrected chi connectivity index (χ1v) is 5.91. The molecule has 1 aromatic rings. The SMILES string of the molecule is O=C(NCc1ccc([N+](=O)[O-])cc1)[C@H]1CCCN1. The minimum atomic E-state index is -0.440. The van der Waals surface area contributed by atoms with E-state index in [-0.39, 0.29) is 17.6 Å². The van der Waals surface area contributed by atoms with Crippen LogP contribution in [0.3, 0.4) is 0 Å². The van der Waals surface area contributed by atoms with E-state index in [1.807, 2.05) is 0 Å². The van der Waals surface area contributed by atoms with Crippen LogP contribution in [0.2, 0.25) is 0 Å². The fourth-order valence-corrected chi connectivity index (χ4v) is 1.96. The molecule has 1 heterocycles. The van der Waals surface area contributed by atoms with Crippen molar-refractivity contribution in [2.24, 2.45) is 0 Å². The number of non-ortho nitro benzene ring substituents is 1. The summed E-state index contributed by atoms with van der Waals surface area (Å²) in [4.78, 5) is 21.8. The van der Waals surface area contributed by atoms with Gasteiger partial charge in [0.05, 0.1) is 11.0 Å². The van der Waals surface area contributed by atoms with E-state index in [1.54, 1.807) is 12.1 Å². The number of nitrogens with zero attached hydrogens (tertiary/aromatic N) is 1. The monoisotopic (exact) mass is 249 g/mol. The Morgan fingerprint density at radius 2 is 2.17 bits per heavy atom. The Balaban J connectivity index is 1.86. The molecule has 6 heteroatoms. The zero-order valence-corrected chi connectivity index (χ0v) is 9.89. The van der Waals surface area contributed by atoms with Gasteiger partial charge in [-0.1, -0.05) is 12.1 Å². The average molecular weight is 249 g/mol. The summed E-state index contributed by atoms with van der Waals surface area (Å²) in [7, 11) is 0. The molecule has 18 heavy (non-hydrogen) atoms. The van der Waals surface area contributed by atoms with Crippen LogP contribution < -0.4 is 10.6 Å². The number of nitro benzene ring substituents is 1. The number of carbonyl (C=O) groups is 1. The Kier molecular flexibility index (Phi) is 3.88. The standard InChI is InChI=1S/C12H15N3O3/c16-12(11-2-1-7-13-11)14-8-9-3-5-10(6-4-9)15(17)18/h3-6,11,13H,1-2,7-8H2,(H,14,16)/t11-/m1/s1. The molecule has 1 saturated heterocycles. The Labute approximate surface area is 105 Å². The molecule has 1 aliphatic heterocycles. The molecule has 2 rings (SSSR count). The summed E-state index contributed by atoms with van der Waals surface area (Å²) >= 11 is 0. The normalized spacial score (nSPS) is 18.6. The van der Waals surface area contributed by atoms with Crippen LogP contribution in [0.25, 0.3) is 0 Å². The largest absolute Gasteiger partial charge is 0.351 e. The summed E-state index contributed by atoms with van der Waals surface area (Å²) in [6, 6.07) is 6.09. The van der Waals surface area contributed by atoms with Gasteiger partial charge in [-0.05, 0) is 24.9 Å². The molecule has 0 unspecified atom stereocenters. The molecule has 2 N–H and O–H groups in total. The van der Waals surface area contributed by atoms with E-state index in [1.165, 1.54) is 12.1 Å². The van der Waals surface area contributed by atoms with Gasteiger partial charge in [0.1, 0.15) is 0 Å². The number of nitro groups is 1. The predicted molar refractivity (Wildman–Crippen MR) is 66.0 cm³/mol. The van der Waals surface area contributed by atoms with Gasteiger partial charge in [-0.3, -0.25) is 14.9 Å². The minimum Gasteiger partial charge on any atom is -0.351 e. The van der Waals surface area contributed by atoms with Gasteiger partial charge in [0.15, 0.2) is 0 Å². The fraction of sp³-hybridized carbons (Fsp3) is 0.417. The quantitative estimate of drug-likeness (QED) is 0.615. The zero-order chi connectivity index (χ0) is 13.0. The Hall–Kier alpha value is -1.95. The van der Waals surface area contributed by atoms with Crippen molar-refractivity contribution in [3.8, 4) is 0 Å². The van der Waals surface area contributed by atoms with Crippen molar-refractivity contribution in [1.29, 1.82) is 0 Å². The van der Waals surface area contributed by atoms with Crippen LogP contribution in [0, 0.1) is 10.1 Å². The van der Waals surface area contributed by atoms with Crippen molar-refractivity contribution >= 4 is 11.6 Å². The summed E-state index contributed by atoms with van der Waals surface area (Å²) in [6.45, 7) is 1.28. The first-order chi connectivity index (χ1) is 8.66. The highest BCUT2D eigenvalue weighted by atomic mass is 16.6. The minimum absolute atomic E-state index is 0.00847. The lowest BCUT2D eigenvalue weighted by molar-refractivity contribution is -0.384. The van der Waals surface area contributed by atoms with Crippen LogP contribution in [0.5, 0.6) is 0 Å². The lowest BCUT2D eigenvalue weighted by atomic mass is 10.2. The molecule has 0 aromatic heterocycles. The van der Waals surface area contributed by atoms with Crippen molar-refractivity contribution in [3.63, 3.8) is 0 Å². The third-order valence-corrected chi connectivity index (χ3v) is 2.99. The fourth-order valence-electron chi connectivity index (χ4n) is 1.96. The van der Waals surface area contributed by atoms with Gasteiger partial charge >= 0.3 is 0 Å². The van der Waals surface area contributed by atoms with E-state index in [0.717, 1.165) is 24.9 Å². The molecular formula is C12H15N3O3. The third kappa shape index (κ3) is 3.04. The van der Waals surface area contributed by atoms with Gasteiger partial charge in [0.2, 0.25) is 5.91 Å². The molecule has 96 valence electrons. The maximum atomic E-state index is 11.7. The molecule has 1 amide bonds. The van der Waals surface area contributed by atoms with Gasteiger partial charge < -0.3 is 10.6 Å². The highest BCUT2D eigenvalue weighted by Crippen LogP contribution is 2.12. The van der Waals surface area contributed by atoms with Gasteiger partial charge in [-0.2, -0.15) is 0 Å². The van der Waals surface area contributed by atoms with Crippen molar-refractivity contribution in [2.75, 3.05) is 6.54 Å². The molecule has 0 bridgehead atoms. The number of rotatable bonds is 4. The van der Waals surface area contributed by atoms with Crippen molar-refractivity contribution in [1.82, 2.24) is 10.6 Å². The Morgan fingerprint density at radius 1 is 1.44 bits per heavy atom. The number of benzene rings is 1. The molecule has 6 nitrogen and oxygen atoms in total. The number of hydrogen-bond acceptors (Lipinski definition) is 4. The van der Waals surface area contributed by atoms with E-state index >= 15 is 0 Å². The smallest absolute Gasteiger partial charge is 0.269 e. The molecule has 1 fully saturated rings. The van der Waals surface area contributed by atoms with Crippen LogP contribution in [-0.2, 0) is 11.3 Å². The van der Waals surface area contributed by atoms with Crippen molar-refractivity contribution < 1.29 is 9.72 Å². The highest BCUT2D eigenvalue weighted by molar-refractivity contribution is 5.81. The molecule has 1 aliphatic rings. The van der Waals surface area contributed by atoms with E-state index < -0.39 is 4.92 Å². The summed E-state index contributed by atoms with van der Waals surface area (Å²) in [5, 5.41) is 16.4. The summed E-state index contributed by atoms with van der Waals surface area (Å²) in [5.74, 6) is -0.00847. The second-order valence-electron chi connectivity index (χ2n) is 4.29. The molecule has 0 saturated carbocycles. The predicted octanol–water partition coefficient (Wildman–Crippen LogP) is 0.963. The lowest BCUT2D eigenvalue weighted by Crippen LogP contribution is -2.39. The van der Waals surface area contributed by atoms with Crippen LogP contribution in [0.1, 0.15) is 18.4 Å². The van der Waals surface area contributed by atoms with Gasteiger partial charge in [-0.15, -0.1) is 0 Å². The van der Waals surface area contributed by atoms with Gasteiger partial charge in [-0.25, -0.2) is 0 Å². The molecule has 1 aromatic carbocycles. The lowest BCUT2D eigenvalue weighted by Gasteiger charge is -2.10. The van der Waals surface area contributed by atoms with E-state index in [4.69, 9.17) is 0 Å². The zero-order valence-electron chi connectivity index (χ0n) is 9.89. The number of amides is 1.